The first kappa shape index (κ1) is 23.1. The summed E-state index contributed by atoms with van der Waals surface area (Å²) in [7, 11) is 0. The van der Waals surface area contributed by atoms with Crippen LogP contribution in [0.25, 0.3) is 0 Å². The minimum Gasteiger partial charge on any atom is -0.481 e. The van der Waals surface area contributed by atoms with Crippen molar-refractivity contribution >= 4 is 35.2 Å². The zero-order valence-electron chi connectivity index (χ0n) is 17.8. The van der Waals surface area contributed by atoms with Gasteiger partial charge in [-0.1, -0.05) is 13.8 Å². The Kier molecular flexibility index (Phi) is 6.08. The Hall–Kier alpha value is -2.58. The molecule has 3 N–H and O–H groups in total. The van der Waals surface area contributed by atoms with Crippen LogP contribution in [0.5, 0.6) is 0 Å². The fraction of sp³-hybridized carbons (Fsp3) is 0.727. The van der Waals surface area contributed by atoms with Crippen LogP contribution < -0.4 is 5.32 Å². The molecule has 0 aromatic carbocycles. The Morgan fingerprint density at radius 1 is 1.06 bits per heavy atom. The van der Waals surface area contributed by atoms with Crippen molar-refractivity contribution in [3.63, 3.8) is 0 Å². The molecular weight excluding hydrogens is 406 g/mol. The summed E-state index contributed by atoms with van der Waals surface area (Å²) in [5, 5.41) is 20.1. The van der Waals surface area contributed by atoms with Crippen molar-refractivity contribution in [1.82, 2.24) is 5.32 Å². The normalized spacial score (nSPS) is 35.8. The number of hydrogen-bond acceptors (Lipinski definition) is 6. The van der Waals surface area contributed by atoms with E-state index in [0.29, 0.717) is 19.3 Å². The van der Waals surface area contributed by atoms with Gasteiger partial charge in [-0.25, -0.2) is 4.79 Å². The molecule has 31 heavy (non-hydrogen) atoms. The summed E-state index contributed by atoms with van der Waals surface area (Å²) in [6.45, 7) is 3.56. The van der Waals surface area contributed by atoms with Crippen molar-refractivity contribution in [2.75, 3.05) is 0 Å². The second-order valence-electron chi connectivity index (χ2n) is 9.71. The maximum absolute atomic E-state index is 13.2. The number of aliphatic carboxylic acids is 2. The third kappa shape index (κ3) is 4.02. The molecule has 3 saturated carbocycles. The number of hydrogen-bond donors (Lipinski definition) is 3. The van der Waals surface area contributed by atoms with Crippen LogP contribution in [-0.2, 0) is 28.8 Å². The molecule has 3 unspecified atom stereocenters. The lowest BCUT2D eigenvalue weighted by molar-refractivity contribution is -0.160. The van der Waals surface area contributed by atoms with Crippen molar-refractivity contribution < 1.29 is 39.0 Å². The highest BCUT2D eigenvalue weighted by Gasteiger charge is 2.62. The highest BCUT2D eigenvalue weighted by Crippen LogP contribution is 2.60. The van der Waals surface area contributed by atoms with Gasteiger partial charge in [0, 0.05) is 42.4 Å². The molecule has 0 bridgehead atoms. The van der Waals surface area contributed by atoms with Crippen LogP contribution in [0.15, 0.2) is 0 Å². The fourth-order valence-corrected chi connectivity index (χ4v) is 6.22. The lowest BCUT2D eigenvalue weighted by Gasteiger charge is -2.52. The first-order valence-electron chi connectivity index (χ1n) is 10.7. The van der Waals surface area contributed by atoms with Gasteiger partial charge in [0.1, 0.15) is 23.4 Å². The minimum absolute atomic E-state index is 0.0518. The van der Waals surface area contributed by atoms with Gasteiger partial charge in [-0.2, -0.15) is 0 Å². The molecule has 9 heteroatoms. The summed E-state index contributed by atoms with van der Waals surface area (Å²) in [5.41, 5.74) is -1.72. The predicted octanol–water partition coefficient (Wildman–Crippen LogP) is 1.37. The Morgan fingerprint density at radius 2 is 1.71 bits per heavy atom. The average Bonchev–Trinajstić information content (AvgIpc) is 2.96. The molecule has 0 radical (unpaired) electrons. The monoisotopic (exact) mass is 435 g/mol. The molecule has 3 aliphatic rings. The number of fused-ring (bicyclic) bond motifs is 3. The summed E-state index contributed by atoms with van der Waals surface area (Å²) in [6, 6.07) is -1.56. The van der Waals surface area contributed by atoms with Gasteiger partial charge >= 0.3 is 11.9 Å². The lowest BCUT2D eigenvalue weighted by Crippen LogP contribution is -2.56. The van der Waals surface area contributed by atoms with E-state index in [0.717, 1.165) is 0 Å². The zero-order valence-corrected chi connectivity index (χ0v) is 17.8. The quantitative estimate of drug-likeness (QED) is 0.541. The predicted molar refractivity (Wildman–Crippen MR) is 106 cm³/mol. The molecule has 1 amide bonds. The summed E-state index contributed by atoms with van der Waals surface area (Å²) < 4.78 is 0. The van der Waals surface area contributed by atoms with Crippen molar-refractivity contribution in [1.29, 1.82) is 0 Å². The van der Waals surface area contributed by atoms with E-state index in [1.165, 1.54) is 0 Å². The second kappa shape index (κ2) is 8.16. The number of carbonyl (C=O) groups is 6. The van der Waals surface area contributed by atoms with Crippen LogP contribution >= 0.6 is 0 Å². The van der Waals surface area contributed by atoms with Crippen molar-refractivity contribution in [3.05, 3.63) is 0 Å². The summed E-state index contributed by atoms with van der Waals surface area (Å²) in [6.07, 6.45) is 1.24. The summed E-state index contributed by atoms with van der Waals surface area (Å²) in [5.74, 6) is -4.16. The summed E-state index contributed by atoms with van der Waals surface area (Å²) in [4.78, 5) is 72.9. The van der Waals surface area contributed by atoms with Crippen molar-refractivity contribution in [2.24, 2.45) is 28.6 Å². The second-order valence-corrected chi connectivity index (χ2v) is 9.71. The van der Waals surface area contributed by atoms with Crippen LogP contribution in [-0.4, -0.2) is 51.5 Å². The minimum atomic E-state index is -1.56. The number of carbonyl (C=O) groups excluding carboxylic acids is 4. The molecule has 0 aromatic rings. The smallest absolute Gasteiger partial charge is 0.326 e. The Balaban J connectivity index is 1.75. The maximum atomic E-state index is 13.2. The van der Waals surface area contributed by atoms with E-state index in [9.17, 15) is 28.8 Å². The van der Waals surface area contributed by atoms with Gasteiger partial charge < -0.3 is 15.5 Å². The molecule has 0 aliphatic heterocycles. The molecule has 0 saturated heterocycles. The highest BCUT2D eigenvalue weighted by atomic mass is 16.4. The van der Waals surface area contributed by atoms with E-state index >= 15 is 0 Å². The molecule has 9 nitrogen and oxygen atoms in total. The van der Waals surface area contributed by atoms with E-state index in [1.54, 1.807) is 6.92 Å². The highest BCUT2D eigenvalue weighted by molar-refractivity contribution is 5.99. The van der Waals surface area contributed by atoms with Crippen LogP contribution in [0.2, 0.25) is 0 Å². The van der Waals surface area contributed by atoms with Gasteiger partial charge in [0.2, 0.25) is 5.91 Å². The zero-order chi connectivity index (χ0) is 23.1. The molecule has 3 aliphatic carbocycles. The van der Waals surface area contributed by atoms with Crippen LogP contribution in [0.3, 0.4) is 0 Å². The molecule has 170 valence electrons. The van der Waals surface area contributed by atoms with Gasteiger partial charge in [-0.05, 0) is 31.1 Å². The van der Waals surface area contributed by atoms with Crippen LogP contribution in [0.4, 0.5) is 0 Å². The number of carboxylic acid groups (broad SMARTS) is 2. The number of ketones is 3. The van der Waals surface area contributed by atoms with E-state index < -0.39 is 47.1 Å². The average molecular weight is 435 g/mol. The fourth-order valence-electron chi connectivity index (χ4n) is 6.22. The van der Waals surface area contributed by atoms with Gasteiger partial charge in [0.25, 0.3) is 0 Å². The molecule has 0 spiro atoms. The maximum Gasteiger partial charge on any atom is 0.326 e. The van der Waals surface area contributed by atoms with Crippen LogP contribution in [0, 0.1) is 28.6 Å². The van der Waals surface area contributed by atoms with Gasteiger partial charge in [0.15, 0.2) is 0 Å². The van der Waals surface area contributed by atoms with E-state index in [-0.39, 0.29) is 54.9 Å². The number of carboxylic acids is 2. The largest absolute Gasteiger partial charge is 0.481 e. The Bertz CT molecular complexity index is 850. The summed E-state index contributed by atoms with van der Waals surface area (Å²) >= 11 is 0. The van der Waals surface area contributed by atoms with Gasteiger partial charge in [0.05, 0.1) is 6.42 Å². The topological polar surface area (TPSA) is 155 Å². The van der Waals surface area contributed by atoms with E-state index in [1.807, 2.05) is 6.92 Å². The standard InChI is InChI=1S/C22H29NO8/c1-21(8-7-17(27)23-13(20(30)31)9-18(28)29)15(25)5-3-11-12-4-6-16(26)22(12,2)10-14(24)19(11)21/h11-13,19H,3-10H2,1-2H3,(H,23,27)(H,28,29)(H,30,31)/t11?,12?,13-,19?,21-,22-/m0/s1. The first-order valence-corrected chi connectivity index (χ1v) is 10.7. The SMILES string of the molecule is C[C@]1(CCC(=O)N[C@@H](CC(=O)O)C(=O)O)C(=O)CCC2C1C(=O)C[C@]1(C)C(=O)CCC21. The van der Waals surface area contributed by atoms with Gasteiger partial charge in [-0.3, -0.25) is 24.0 Å². The third-order valence-corrected chi connectivity index (χ3v) is 7.88. The molecule has 3 rings (SSSR count). The first-order chi connectivity index (χ1) is 14.4. The van der Waals surface area contributed by atoms with Gasteiger partial charge in [-0.15, -0.1) is 0 Å². The number of Topliss-reactive ketones (excluding diaryl/α,β-unsaturated/α-hetero) is 3. The van der Waals surface area contributed by atoms with E-state index in [4.69, 9.17) is 10.2 Å². The molecule has 0 heterocycles. The number of amides is 1. The number of rotatable bonds is 7. The molecular formula is C22H29NO8. The number of nitrogens with one attached hydrogen (secondary N) is 1. The third-order valence-electron chi connectivity index (χ3n) is 7.88. The Morgan fingerprint density at radius 3 is 2.32 bits per heavy atom. The van der Waals surface area contributed by atoms with Crippen LogP contribution in [0.1, 0.15) is 65.2 Å². The molecule has 0 aromatic heterocycles. The van der Waals surface area contributed by atoms with Crippen molar-refractivity contribution in [2.45, 2.75) is 71.3 Å². The molecule has 6 atom stereocenters. The Labute approximate surface area is 179 Å². The molecule has 3 fully saturated rings. The van der Waals surface area contributed by atoms with E-state index in [2.05, 4.69) is 5.32 Å². The van der Waals surface area contributed by atoms with Crippen molar-refractivity contribution in [3.8, 4) is 0 Å². The lowest BCUT2D eigenvalue weighted by atomic mass is 9.48.